The number of halogens is 1. The Labute approximate surface area is 106 Å². The molecule has 0 spiro atoms. The Kier molecular flexibility index (Phi) is 4.36. The first-order valence-corrected chi connectivity index (χ1v) is 6.02. The van der Waals surface area contributed by atoms with Crippen molar-refractivity contribution in [1.29, 1.82) is 0 Å². The van der Waals surface area contributed by atoms with Crippen molar-refractivity contribution in [1.82, 2.24) is 15.3 Å². The molecule has 0 aliphatic rings. The van der Waals surface area contributed by atoms with E-state index >= 15 is 0 Å². The predicted molar refractivity (Wildman–Crippen MR) is 68.4 cm³/mol. The number of hydrogen-bond donors (Lipinski definition) is 1. The van der Waals surface area contributed by atoms with Gasteiger partial charge in [0.15, 0.2) is 0 Å². The molecule has 0 saturated heterocycles. The molecule has 2 aromatic heterocycles. The summed E-state index contributed by atoms with van der Waals surface area (Å²) in [6, 6.07) is 5.51. The lowest BCUT2D eigenvalue weighted by Gasteiger charge is -2.08. The molecule has 0 radical (unpaired) electrons. The summed E-state index contributed by atoms with van der Waals surface area (Å²) >= 11 is 0. The van der Waals surface area contributed by atoms with Crippen molar-refractivity contribution in [3.05, 3.63) is 59.4 Å². The van der Waals surface area contributed by atoms with Gasteiger partial charge in [0.05, 0.1) is 11.9 Å². The van der Waals surface area contributed by atoms with Gasteiger partial charge in [-0.25, -0.2) is 4.39 Å². The second-order valence-corrected chi connectivity index (χ2v) is 4.08. The van der Waals surface area contributed by atoms with Crippen LogP contribution in [0.2, 0.25) is 0 Å². The zero-order valence-corrected chi connectivity index (χ0v) is 10.4. The number of nitrogens with one attached hydrogen (secondary N) is 1. The van der Waals surface area contributed by atoms with E-state index in [1.807, 2.05) is 6.07 Å². The van der Waals surface area contributed by atoms with Crippen LogP contribution in [0.1, 0.15) is 23.7 Å². The normalized spacial score (nSPS) is 10.6. The SMILES string of the molecule is CCc1cccnc1CNCc1cncc(F)c1. The van der Waals surface area contributed by atoms with Crippen LogP contribution in [0, 0.1) is 5.82 Å². The van der Waals surface area contributed by atoms with Crippen LogP contribution in [0.3, 0.4) is 0 Å². The van der Waals surface area contributed by atoms with Crippen LogP contribution in [-0.2, 0) is 19.5 Å². The molecule has 0 aliphatic carbocycles. The van der Waals surface area contributed by atoms with Gasteiger partial charge in [0.25, 0.3) is 0 Å². The van der Waals surface area contributed by atoms with Gasteiger partial charge < -0.3 is 5.32 Å². The van der Waals surface area contributed by atoms with Crippen molar-refractivity contribution in [2.24, 2.45) is 0 Å². The molecule has 94 valence electrons. The first-order chi connectivity index (χ1) is 8.79. The van der Waals surface area contributed by atoms with Gasteiger partial charge in [0.2, 0.25) is 0 Å². The molecule has 18 heavy (non-hydrogen) atoms. The van der Waals surface area contributed by atoms with E-state index in [0.29, 0.717) is 13.1 Å². The Morgan fingerprint density at radius 3 is 2.94 bits per heavy atom. The first-order valence-electron chi connectivity index (χ1n) is 6.02. The van der Waals surface area contributed by atoms with Crippen molar-refractivity contribution < 1.29 is 4.39 Å². The standard InChI is InChI=1S/C14H16FN3/c1-2-12-4-3-5-18-14(12)10-17-8-11-6-13(15)9-16-7-11/h3-7,9,17H,2,8,10H2,1H3. The van der Waals surface area contributed by atoms with Crippen molar-refractivity contribution in [3.8, 4) is 0 Å². The minimum Gasteiger partial charge on any atom is -0.307 e. The number of rotatable bonds is 5. The van der Waals surface area contributed by atoms with Gasteiger partial charge in [0, 0.05) is 25.5 Å². The lowest BCUT2D eigenvalue weighted by Crippen LogP contribution is -2.15. The van der Waals surface area contributed by atoms with E-state index in [4.69, 9.17) is 0 Å². The van der Waals surface area contributed by atoms with Gasteiger partial charge in [0.1, 0.15) is 5.82 Å². The van der Waals surface area contributed by atoms with E-state index in [9.17, 15) is 4.39 Å². The minimum absolute atomic E-state index is 0.304. The highest BCUT2D eigenvalue weighted by Gasteiger charge is 2.01. The molecule has 2 heterocycles. The third-order valence-corrected chi connectivity index (χ3v) is 2.75. The lowest BCUT2D eigenvalue weighted by molar-refractivity contribution is 0.611. The Balaban J connectivity index is 1.92. The Morgan fingerprint density at radius 1 is 1.28 bits per heavy atom. The third-order valence-electron chi connectivity index (χ3n) is 2.75. The second kappa shape index (κ2) is 6.21. The van der Waals surface area contributed by atoms with Crippen LogP contribution in [0.25, 0.3) is 0 Å². The molecule has 4 heteroatoms. The molecule has 0 aromatic carbocycles. The number of aryl methyl sites for hydroxylation is 1. The van der Waals surface area contributed by atoms with Crippen LogP contribution in [-0.4, -0.2) is 9.97 Å². The average molecular weight is 245 g/mol. The van der Waals surface area contributed by atoms with E-state index in [2.05, 4.69) is 28.3 Å². The van der Waals surface area contributed by atoms with E-state index in [1.165, 1.54) is 17.8 Å². The largest absolute Gasteiger partial charge is 0.307 e. The van der Waals surface area contributed by atoms with E-state index < -0.39 is 0 Å². The third kappa shape index (κ3) is 3.34. The molecule has 2 rings (SSSR count). The van der Waals surface area contributed by atoms with Crippen molar-refractivity contribution in [2.45, 2.75) is 26.4 Å². The van der Waals surface area contributed by atoms with Crippen molar-refractivity contribution >= 4 is 0 Å². The maximum absolute atomic E-state index is 12.9. The van der Waals surface area contributed by atoms with E-state index in [0.717, 1.165) is 17.7 Å². The summed E-state index contributed by atoms with van der Waals surface area (Å²) in [5.41, 5.74) is 3.12. The molecule has 0 saturated carbocycles. The summed E-state index contributed by atoms with van der Waals surface area (Å²) in [6.07, 6.45) is 5.62. The minimum atomic E-state index is -0.304. The summed E-state index contributed by atoms with van der Waals surface area (Å²) in [5.74, 6) is -0.304. The Hall–Kier alpha value is -1.81. The zero-order valence-electron chi connectivity index (χ0n) is 10.4. The molecule has 0 bridgehead atoms. The van der Waals surface area contributed by atoms with Crippen LogP contribution < -0.4 is 5.32 Å². The summed E-state index contributed by atoms with van der Waals surface area (Å²) < 4.78 is 12.9. The van der Waals surface area contributed by atoms with Crippen molar-refractivity contribution in [2.75, 3.05) is 0 Å². The van der Waals surface area contributed by atoms with Crippen LogP contribution in [0.5, 0.6) is 0 Å². The van der Waals surface area contributed by atoms with Gasteiger partial charge in [-0.1, -0.05) is 13.0 Å². The summed E-state index contributed by atoms with van der Waals surface area (Å²) in [7, 11) is 0. The molecule has 3 nitrogen and oxygen atoms in total. The zero-order chi connectivity index (χ0) is 12.8. The van der Waals surface area contributed by atoms with Gasteiger partial charge in [-0.3, -0.25) is 9.97 Å². The smallest absolute Gasteiger partial charge is 0.141 e. The van der Waals surface area contributed by atoms with Gasteiger partial charge in [-0.05, 0) is 29.7 Å². The molecular weight excluding hydrogens is 229 g/mol. The van der Waals surface area contributed by atoms with Gasteiger partial charge >= 0.3 is 0 Å². The molecule has 1 N–H and O–H groups in total. The molecule has 0 aliphatic heterocycles. The monoisotopic (exact) mass is 245 g/mol. The average Bonchev–Trinajstić information content (AvgIpc) is 2.39. The highest BCUT2D eigenvalue weighted by molar-refractivity contribution is 5.19. The van der Waals surface area contributed by atoms with Crippen molar-refractivity contribution in [3.63, 3.8) is 0 Å². The van der Waals surface area contributed by atoms with E-state index in [-0.39, 0.29) is 5.82 Å². The fourth-order valence-electron chi connectivity index (χ4n) is 1.83. The highest BCUT2D eigenvalue weighted by Crippen LogP contribution is 2.06. The number of aromatic nitrogens is 2. The molecular formula is C14H16FN3. The maximum Gasteiger partial charge on any atom is 0.141 e. The van der Waals surface area contributed by atoms with Crippen LogP contribution >= 0.6 is 0 Å². The quantitative estimate of drug-likeness (QED) is 0.879. The first kappa shape index (κ1) is 12.6. The molecule has 0 unspecified atom stereocenters. The number of nitrogens with zero attached hydrogens (tertiary/aromatic N) is 2. The Bertz CT molecular complexity index is 514. The fourth-order valence-corrected chi connectivity index (χ4v) is 1.83. The second-order valence-electron chi connectivity index (χ2n) is 4.08. The highest BCUT2D eigenvalue weighted by atomic mass is 19.1. The molecule has 0 amide bonds. The Morgan fingerprint density at radius 2 is 2.17 bits per heavy atom. The fraction of sp³-hybridized carbons (Fsp3) is 0.286. The number of pyridine rings is 2. The summed E-state index contributed by atoms with van der Waals surface area (Å²) in [5, 5.41) is 3.25. The number of hydrogen-bond acceptors (Lipinski definition) is 3. The van der Waals surface area contributed by atoms with Crippen LogP contribution in [0.15, 0.2) is 36.8 Å². The maximum atomic E-state index is 12.9. The summed E-state index contributed by atoms with van der Waals surface area (Å²) in [4.78, 5) is 8.16. The summed E-state index contributed by atoms with van der Waals surface area (Å²) in [6.45, 7) is 3.38. The molecule has 0 fully saturated rings. The predicted octanol–water partition coefficient (Wildman–Crippen LogP) is 2.47. The molecule has 0 atom stereocenters. The topological polar surface area (TPSA) is 37.8 Å². The van der Waals surface area contributed by atoms with Crippen LogP contribution in [0.4, 0.5) is 4.39 Å². The lowest BCUT2D eigenvalue weighted by atomic mass is 10.1. The van der Waals surface area contributed by atoms with E-state index in [1.54, 1.807) is 12.4 Å². The molecule has 2 aromatic rings. The van der Waals surface area contributed by atoms with Gasteiger partial charge in [-0.15, -0.1) is 0 Å². The van der Waals surface area contributed by atoms with Gasteiger partial charge in [-0.2, -0.15) is 0 Å².